The molecule has 1 nitrogen and oxygen atoms in total. The lowest BCUT2D eigenvalue weighted by molar-refractivity contribution is 0.262. The summed E-state index contributed by atoms with van der Waals surface area (Å²) in [7, 11) is 0. The summed E-state index contributed by atoms with van der Waals surface area (Å²) in [5.41, 5.74) is 1.49. The van der Waals surface area contributed by atoms with Crippen molar-refractivity contribution in [2.45, 2.75) is 45.1 Å². The molecule has 1 saturated carbocycles. The largest absolute Gasteiger partial charge is 0.310 e. The second-order valence-corrected chi connectivity index (χ2v) is 6.11. The average molecular weight is 267 g/mol. The van der Waals surface area contributed by atoms with Crippen LogP contribution in [0.25, 0.3) is 10.8 Å². The third kappa shape index (κ3) is 2.88. The van der Waals surface area contributed by atoms with Crippen molar-refractivity contribution in [3.63, 3.8) is 0 Å². The summed E-state index contributed by atoms with van der Waals surface area (Å²) in [6, 6.07) is 16.0. The second-order valence-electron chi connectivity index (χ2n) is 6.11. The van der Waals surface area contributed by atoms with E-state index in [0.29, 0.717) is 6.04 Å². The third-order valence-electron chi connectivity index (χ3n) is 4.63. The maximum absolute atomic E-state index is 3.78. The molecule has 1 atom stereocenters. The first-order valence-electron chi connectivity index (χ1n) is 8.09. The normalized spacial score (nSPS) is 17.1. The minimum atomic E-state index is 0.520. The SMILES string of the molecule is CCCNC(CC1CCC1)c1cccc2ccccc12. The topological polar surface area (TPSA) is 12.0 Å². The minimum absolute atomic E-state index is 0.520. The van der Waals surface area contributed by atoms with Crippen LogP contribution < -0.4 is 5.32 Å². The van der Waals surface area contributed by atoms with Gasteiger partial charge in [0.25, 0.3) is 0 Å². The summed E-state index contributed by atoms with van der Waals surface area (Å²) in [5.74, 6) is 0.934. The molecular formula is C19H25N. The predicted octanol–water partition coefficient (Wildman–Crippen LogP) is 5.07. The summed E-state index contributed by atoms with van der Waals surface area (Å²) in [6.45, 7) is 3.36. The summed E-state index contributed by atoms with van der Waals surface area (Å²) in [6.07, 6.45) is 6.78. The number of nitrogens with one attached hydrogen (secondary N) is 1. The van der Waals surface area contributed by atoms with Gasteiger partial charge < -0.3 is 5.32 Å². The van der Waals surface area contributed by atoms with Crippen LogP contribution in [0.5, 0.6) is 0 Å². The lowest BCUT2D eigenvalue weighted by atomic mass is 9.79. The highest BCUT2D eigenvalue weighted by atomic mass is 14.9. The summed E-state index contributed by atoms with van der Waals surface area (Å²) in [5, 5.41) is 6.56. The summed E-state index contributed by atoms with van der Waals surface area (Å²) >= 11 is 0. The molecule has 2 aromatic carbocycles. The molecule has 1 aliphatic rings. The number of hydrogen-bond donors (Lipinski definition) is 1. The Morgan fingerprint density at radius 3 is 2.65 bits per heavy atom. The number of hydrogen-bond acceptors (Lipinski definition) is 1. The van der Waals surface area contributed by atoms with E-state index in [0.717, 1.165) is 12.5 Å². The fourth-order valence-electron chi connectivity index (χ4n) is 3.25. The maximum atomic E-state index is 3.78. The van der Waals surface area contributed by atoms with E-state index in [1.54, 1.807) is 0 Å². The first-order valence-corrected chi connectivity index (χ1v) is 8.09. The molecule has 2 aromatic rings. The van der Waals surface area contributed by atoms with E-state index >= 15 is 0 Å². The van der Waals surface area contributed by atoms with Crippen molar-refractivity contribution < 1.29 is 0 Å². The molecule has 106 valence electrons. The van der Waals surface area contributed by atoms with Crippen LogP contribution in [-0.4, -0.2) is 6.54 Å². The van der Waals surface area contributed by atoms with Crippen LogP contribution in [0.15, 0.2) is 42.5 Å². The van der Waals surface area contributed by atoms with Crippen LogP contribution in [-0.2, 0) is 0 Å². The molecule has 1 fully saturated rings. The van der Waals surface area contributed by atoms with E-state index in [2.05, 4.69) is 54.7 Å². The molecule has 1 N–H and O–H groups in total. The van der Waals surface area contributed by atoms with Gasteiger partial charge >= 0.3 is 0 Å². The molecule has 1 aliphatic carbocycles. The van der Waals surface area contributed by atoms with Gasteiger partial charge in [-0.15, -0.1) is 0 Å². The van der Waals surface area contributed by atoms with E-state index < -0.39 is 0 Å². The molecule has 0 saturated heterocycles. The molecule has 1 unspecified atom stereocenters. The highest BCUT2D eigenvalue weighted by Crippen LogP contribution is 2.36. The standard InChI is InChI=1S/C19H25N/c1-2-13-20-19(14-15-7-5-8-15)18-12-6-10-16-9-3-4-11-17(16)18/h3-4,6,9-12,15,19-20H,2,5,7-8,13-14H2,1H3. The zero-order chi connectivity index (χ0) is 13.8. The monoisotopic (exact) mass is 267 g/mol. The molecule has 3 rings (SSSR count). The van der Waals surface area contributed by atoms with Crippen molar-refractivity contribution in [2.24, 2.45) is 5.92 Å². The van der Waals surface area contributed by atoms with Crippen molar-refractivity contribution >= 4 is 10.8 Å². The first kappa shape index (κ1) is 13.6. The average Bonchev–Trinajstić information content (AvgIpc) is 2.45. The van der Waals surface area contributed by atoms with Crippen LogP contribution in [0, 0.1) is 5.92 Å². The fraction of sp³-hybridized carbons (Fsp3) is 0.474. The molecule has 0 aromatic heterocycles. The molecule has 0 radical (unpaired) electrons. The van der Waals surface area contributed by atoms with Crippen molar-refractivity contribution in [1.29, 1.82) is 0 Å². The van der Waals surface area contributed by atoms with Crippen molar-refractivity contribution in [2.75, 3.05) is 6.54 Å². The van der Waals surface area contributed by atoms with E-state index in [9.17, 15) is 0 Å². The Morgan fingerprint density at radius 2 is 1.90 bits per heavy atom. The van der Waals surface area contributed by atoms with Gasteiger partial charge in [0.05, 0.1) is 0 Å². The molecule has 0 spiro atoms. The Hall–Kier alpha value is -1.34. The Morgan fingerprint density at radius 1 is 1.10 bits per heavy atom. The van der Waals surface area contributed by atoms with E-state index in [-0.39, 0.29) is 0 Å². The Bertz CT molecular complexity index is 551. The Balaban J connectivity index is 1.90. The first-order chi connectivity index (χ1) is 9.88. The van der Waals surface area contributed by atoms with Crippen LogP contribution in [0.1, 0.15) is 50.6 Å². The molecule has 1 heteroatoms. The maximum Gasteiger partial charge on any atom is 0.0329 e. The number of fused-ring (bicyclic) bond motifs is 1. The Kier molecular flexibility index (Phi) is 4.37. The van der Waals surface area contributed by atoms with E-state index in [4.69, 9.17) is 0 Å². The molecule has 0 heterocycles. The molecule has 0 amide bonds. The van der Waals surface area contributed by atoms with E-state index in [1.807, 2.05) is 0 Å². The smallest absolute Gasteiger partial charge is 0.0329 e. The third-order valence-corrected chi connectivity index (χ3v) is 4.63. The molecule has 20 heavy (non-hydrogen) atoms. The van der Waals surface area contributed by atoms with Crippen molar-refractivity contribution in [3.05, 3.63) is 48.0 Å². The number of rotatable bonds is 6. The minimum Gasteiger partial charge on any atom is -0.310 e. The Labute approximate surface area is 122 Å². The van der Waals surface area contributed by atoms with Crippen LogP contribution in [0.2, 0.25) is 0 Å². The summed E-state index contributed by atoms with van der Waals surface area (Å²) in [4.78, 5) is 0. The second kappa shape index (κ2) is 6.41. The number of benzene rings is 2. The van der Waals surface area contributed by atoms with Gasteiger partial charge in [-0.05, 0) is 41.6 Å². The quantitative estimate of drug-likeness (QED) is 0.770. The van der Waals surface area contributed by atoms with Crippen LogP contribution >= 0.6 is 0 Å². The van der Waals surface area contributed by atoms with Gasteiger partial charge in [-0.3, -0.25) is 0 Å². The van der Waals surface area contributed by atoms with Gasteiger partial charge in [-0.25, -0.2) is 0 Å². The molecule has 0 aliphatic heterocycles. The zero-order valence-electron chi connectivity index (χ0n) is 12.4. The van der Waals surface area contributed by atoms with Gasteiger partial charge in [0.2, 0.25) is 0 Å². The van der Waals surface area contributed by atoms with Crippen molar-refractivity contribution in [3.8, 4) is 0 Å². The zero-order valence-corrected chi connectivity index (χ0v) is 12.4. The van der Waals surface area contributed by atoms with Gasteiger partial charge in [0.1, 0.15) is 0 Å². The highest BCUT2D eigenvalue weighted by Gasteiger charge is 2.23. The summed E-state index contributed by atoms with van der Waals surface area (Å²) < 4.78 is 0. The van der Waals surface area contributed by atoms with Crippen LogP contribution in [0.3, 0.4) is 0 Å². The highest BCUT2D eigenvalue weighted by molar-refractivity contribution is 5.86. The lowest BCUT2D eigenvalue weighted by Crippen LogP contribution is -2.26. The van der Waals surface area contributed by atoms with Gasteiger partial charge in [-0.1, -0.05) is 68.7 Å². The van der Waals surface area contributed by atoms with Gasteiger partial charge in [0, 0.05) is 6.04 Å². The molecule has 0 bridgehead atoms. The van der Waals surface area contributed by atoms with Crippen LogP contribution in [0.4, 0.5) is 0 Å². The lowest BCUT2D eigenvalue weighted by Gasteiger charge is -2.31. The predicted molar refractivity (Wildman–Crippen MR) is 86.9 cm³/mol. The van der Waals surface area contributed by atoms with Crippen molar-refractivity contribution in [1.82, 2.24) is 5.32 Å². The van der Waals surface area contributed by atoms with E-state index in [1.165, 1.54) is 48.4 Å². The molecular weight excluding hydrogens is 242 g/mol. The van der Waals surface area contributed by atoms with Gasteiger partial charge in [0.15, 0.2) is 0 Å². The van der Waals surface area contributed by atoms with Gasteiger partial charge in [-0.2, -0.15) is 0 Å². The fourth-order valence-corrected chi connectivity index (χ4v) is 3.25.